The number of hydrogen-bond donors (Lipinski definition) is 1. The summed E-state index contributed by atoms with van der Waals surface area (Å²) in [7, 11) is 0. The highest BCUT2D eigenvalue weighted by molar-refractivity contribution is 7.22. The minimum atomic E-state index is -0.490. The molecule has 4 aromatic rings. The number of aryl methyl sites for hydroxylation is 1. The van der Waals surface area contributed by atoms with Gasteiger partial charge in [-0.25, -0.2) is 4.98 Å². The molecule has 30 heavy (non-hydrogen) atoms. The molecule has 0 aliphatic rings. The minimum absolute atomic E-state index is 0.0550. The van der Waals surface area contributed by atoms with Crippen LogP contribution < -0.4 is 10.9 Å². The summed E-state index contributed by atoms with van der Waals surface area (Å²) in [4.78, 5) is 39.8. The van der Waals surface area contributed by atoms with Gasteiger partial charge in [-0.3, -0.25) is 25.0 Å². The van der Waals surface area contributed by atoms with Crippen LogP contribution in [0.4, 0.5) is 10.8 Å². The molecule has 2 heterocycles. The number of amides is 1. The molecule has 0 spiro atoms. The number of nitrogens with zero attached hydrogens (tertiary/aromatic N) is 3. The maximum atomic E-state index is 12.7. The molecule has 0 unspecified atom stereocenters. The highest BCUT2D eigenvalue weighted by Crippen LogP contribution is 2.28. The van der Waals surface area contributed by atoms with Gasteiger partial charge >= 0.3 is 0 Å². The summed E-state index contributed by atoms with van der Waals surface area (Å²) in [5.74, 6) is -0.389. The van der Waals surface area contributed by atoms with E-state index < -0.39 is 4.92 Å². The SMILES string of the molecule is Cc1cccc2sc(NC(=O)c3ccc(=O)n(Cc4cccc([N+](=O)[O-])c4)c3)nc12. The maximum absolute atomic E-state index is 12.7. The van der Waals surface area contributed by atoms with Crippen molar-refractivity contribution in [3.8, 4) is 0 Å². The molecule has 0 saturated heterocycles. The number of benzene rings is 2. The number of aromatic nitrogens is 2. The topological polar surface area (TPSA) is 107 Å². The third-order valence-corrected chi connectivity index (χ3v) is 5.50. The number of nitro benzene ring substituents is 1. The molecule has 0 saturated carbocycles. The van der Waals surface area contributed by atoms with E-state index in [1.807, 2.05) is 25.1 Å². The molecule has 8 nitrogen and oxygen atoms in total. The van der Waals surface area contributed by atoms with Gasteiger partial charge < -0.3 is 4.57 Å². The molecule has 9 heteroatoms. The Labute approximate surface area is 174 Å². The molecule has 0 fully saturated rings. The van der Waals surface area contributed by atoms with Crippen LogP contribution in [0.15, 0.2) is 65.6 Å². The van der Waals surface area contributed by atoms with Crippen molar-refractivity contribution in [2.75, 3.05) is 5.32 Å². The van der Waals surface area contributed by atoms with Crippen LogP contribution in [0.5, 0.6) is 0 Å². The van der Waals surface area contributed by atoms with Gasteiger partial charge in [0.15, 0.2) is 5.13 Å². The molecule has 2 aromatic heterocycles. The van der Waals surface area contributed by atoms with Gasteiger partial charge in [-0.1, -0.05) is 35.6 Å². The normalized spacial score (nSPS) is 10.8. The lowest BCUT2D eigenvalue weighted by Crippen LogP contribution is -2.22. The lowest BCUT2D eigenvalue weighted by atomic mass is 10.2. The summed E-state index contributed by atoms with van der Waals surface area (Å²) in [6.07, 6.45) is 1.44. The summed E-state index contributed by atoms with van der Waals surface area (Å²) in [6, 6.07) is 14.6. The summed E-state index contributed by atoms with van der Waals surface area (Å²) in [5.41, 5.74) is 2.37. The van der Waals surface area contributed by atoms with Crippen molar-refractivity contribution in [1.29, 1.82) is 0 Å². The zero-order chi connectivity index (χ0) is 21.3. The number of pyridine rings is 1. The summed E-state index contributed by atoms with van der Waals surface area (Å²) in [5, 5.41) is 14.2. The van der Waals surface area contributed by atoms with Gasteiger partial charge in [-0.15, -0.1) is 0 Å². The second-order valence-corrected chi connectivity index (χ2v) is 7.74. The molecule has 150 valence electrons. The molecule has 1 N–H and O–H groups in total. The van der Waals surface area contributed by atoms with Crippen LogP contribution in [0, 0.1) is 17.0 Å². The first-order valence-corrected chi connectivity index (χ1v) is 9.84. The van der Waals surface area contributed by atoms with Gasteiger partial charge in [0.2, 0.25) is 0 Å². The zero-order valence-corrected chi connectivity index (χ0v) is 16.7. The first-order chi connectivity index (χ1) is 14.4. The highest BCUT2D eigenvalue weighted by Gasteiger charge is 2.13. The van der Waals surface area contributed by atoms with E-state index in [0.29, 0.717) is 10.7 Å². The number of nitrogens with one attached hydrogen (secondary N) is 1. The van der Waals surface area contributed by atoms with E-state index >= 15 is 0 Å². The van der Waals surface area contributed by atoms with E-state index in [0.717, 1.165) is 15.8 Å². The average Bonchev–Trinajstić information content (AvgIpc) is 3.13. The summed E-state index contributed by atoms with van der Waals surface area (Å²) in [6.45, 7) is 2.07. The van der Waals surface area contributed by atoms with Crippen LogP contribution in [0.25, 0.3) is 10.2 Å². The van der Waals surface area contributed by atoms with Crippen molar-refractivity contribution >= 4 is 38.3 Å². The molecule has 0 radical (unpaired) electrons. The lowest BCUT2D eigenvalue weighted by molar-refractivity contribution is -0.384. The number of anilines is 1. The molecule has 0 atom stereocenters. The number of thiazole rings is 1. The first-order valence-electron chi connectivity index (χ1n) is 9.02. The van der Waals surface area contributed by atoms with E-state index in [1.54, 1.807) is 12.1 Å². The Morgan fingerprint density at radius 1 is 1.20 bits per heavy atom. The maximum Gasteiger partial charge on any atom is 0.269 e. The Bertz CT molecular complexity index is 1340. The molecule has 4 rings (SSSR count). The van der Waals surface area contributed by atoms with Crippen LogP contribution >= 0.6 is 11.3 Å². The molecule has 0 aliphatic carbocycles. The first kappa shape index (κ1) is 19.5. The van der Waals surface area contributed by atoms with Crippen molar-refractivity contribution in [3.05, 3.63) is 98.0 Å². The average molecular weight is 420 g/mol. The Balaban J connectivity index is 1.58. The van der Waals surface area contributed by atoms with Crippen LogP contribution in [0.2, 0.25) is 0 Å². The second kappa shape index (κ2) is 7.88. The van der Waals surface area contributed by atoms with E-state index in [1.165, 1.54) is 46.4 Å². The monoisotopic (exact) mass is 420 g/mol. The van der Waals surface area contributed by atoms with Crippen molar-refractivity contribution in [1.82, 2.24) is 9.55 Å². The quantitative estimate of drug-likeness (QED) is 0.388. The third-order valence-electron chi connectivity index (χ3n) is 4.56. The number of rotatable bonds is 5. The molecule has 0 aliphatic heterocycles. The molecule has 2 aromatic carbocycles. The van der Waals surface area contributed by atoms with Crippen LogP contribution in [-0.2, 0) is 6.54 Å². The van der Waals surface area contributed by atoms with E-state index in [9.17, 15) is 19.7 Å². The van der Waals surface area contributed by atoms with Crippen molar-refractivity contribution in [2.24, 2.45) is 0 Å². The van der Waals surface area contributed by atoms with Gasteiger partial charge in [0, 0.05) is 24.4 Å². The fourth-order valence-corrected chi connectivity index (χ4v) is 4.00. The number of carbonyl (C=O) groups is 1. The molecule has 1 amide bonds. The largest absolute Gasteiger partial charge is 0.310 e. The second-order valence-electron chi connectivity index (χ2n) is 6.71. The zero-order valence-electron chi connectivity index (χ0n) is 15.9. The number of nitro groups is 1. The van der Waals surface area contributed by atoms with Gasteiger partial charge in [-0.05, 0) is 30.2 Å². The molecular weight excluding hydrogens is 404 g/mol. The summed E-state index contributed by atoms with van der Waals surface area (Å²) >= 11 is 1.37. The predicted molar refractivity (Wildman–Crippen MR) is 115 cm³/mol. The number of hydrogen-bond acceptors (Lipinski definition) is 6. The highest BCUT2D eigenvalue weighted by atomic mass is 32.1. The molecular formula is C21H16N4O4S. The lowest BCUT2D eigenvalue weighted by Gasteiger charge is -2.08. The van der Waals surface area contributed by atoms with Crippen molar-refractivity contribution < 1.29 is 9.72 Å². The van der Waals surface area contributed by atoms with Crippen LogP contribution in [0.1, 0.15) is 21.5 Å². The van der Waals surface area contributed by atoms with E-state index in [-0.39, 0.29) is 29.3 Å². The Morgan fingerprint density at radius 2 is 2.00 bits per heavy atom. The number of non-ortho nitro benzene ring substituents is 1. The predicted octanol–water partition coefficient (Wildman–Crippen LogP) is 3.98. The summed E-state index contributed by atoms with van der Waals surface area (Å²) < 4.78 is 2.32. The minimum Gasteiger partial charge on any atom is -0.310 e. The number of carbonyl (C=O) groups excluding carboxylic acids is 1. The smallest absolute Gasteiger partial charge is 0.269 e. The third kappa shape index (κ3) is 3.96. The van der Waals surface area contributed by atoms with Crippen molar-refractivity contribution in [3.63, 3.8) is 0 Å². The number of para-hydroxylation sites is 1. The van der Waals surface area contributed by atoms with Crippen LogP contribution in [0.3, 0.4) is 0 Å². The molecule has 0 bridgehead atoms. The number of fused-ring (bicyclic) bond motifs is 1. The standard InChI is InChI=1S/C21H16N4O4S/c1-13-4-2-7-17-19(13)22-21(30-17)23-20(27)15-8-9-18(26)24(12-15)11-14-5-3-6-16(10-14)25(28)29/h2-10,12H,11H2,1H3,(H,22,23,27). The fourth-order valence-electron chi connectivity index (χ4n) is 3.06. The van der Waals surface area contributed by atoms with E-state index in [2.05, 4.69) is 10.3 Å². The Morgan fingerprint density at radius 3 is 2.77 bits per heavy atom. The fraction of sp³-hybridized carbons (Fsp3) is 0.0952. The van der Waals surface area contributed by atoms with Gasteiger partial charge in [0.25, 0.3) is 17.2 Å². The Kier molecular flexibility index (Phi) is 5.11. The van der Waals surface area contributed by atoms with Gasteiger partial charge in [0.05, 0.1) is 27.2 Å². The van der Waals surface area contributed by atoms with E-state index in [4.69, 9.17) is 0 Å². The van der Waals surface area contributed by atoms with Crippen molar-refractivity contribution in [2.45, 2.75) is 13.5 Å². The Hall–Kier alpha value is -3.85. The van der Waals surface area contributed by atoms with Gasteiger partial charge in [-0.2, -0.15) is 0 Å². The van der Waals surface area contributed by atoms with Crippen LogP contribution in [-0.4, -0.2) is 20.4 Å². The van der Waals surface area contributed by atoms with Gasteiger partial charge in [0.1, 0.15) is 0 Å².